The van der Waals surface area contributed by atoms with Crippen LogP contribution in [0.2, 0.25) is 0 Å². The SMILES string of the molecule is Cc1cc(-c2nnco2)ccc1NC(=O)c1cscn1. The fraction of sp³-hybridized carbons (Fsp3) is 0.0769. The Bertz CT molecular complexity index is 723. The number of anilines is 1. The third-order valence-electron chi connectivity index (χ3n) is 2.75. The molecule has 0 aliphatic heterocycles. The fourth-order valence-corrected chi connectivity index (χ4v) is 2.28. The van der Waals surface area contributed by atoms with Gasteiger partial charge in [0.1, 0.15) is 5.69 Å². The monoisotopic (exact) mass is 286 g/mol. The number of rotatable bonds is 3. The molecule has 20 heavy (non-hydrogen) atoms. The molecular weight excluding hydrogens is 276 g/mol. The highest BCUT2D eigenvalue weighted by Crippen LogP contribution is 2.23. The summed E-state index contributed by atoms with van der Waals surface area (Å²) in [6, 6.07) is 5.50. The van der Waals surface area contributed by atoms with Gasteiger partial charge in [0.15, 0.2) is 0 Å². The van der Waals surface area contributed by atoms with Gasteiger partial charge in [-0.05, 0) is 30.7 Å². The van der Waals surface area contributed by atoms with Gasteiger partial charge in [0, 0.05) is 16.6 Å². The summed E-state index contributed by atoms with van der Waals surface area (Å²) in [5, 5.41) is 12.0. The van der Waals surface area contributed by atoms with E-state index in [1.54, 1.807) is 17.0 Å². The molecule has 0 aliphatic rings. The van der Waals surface area contributed by atoms with Crippen molar-refractivity contribution in [2.75, 3.05) is 5.32 Å². The summed E-state index contributed by atoms with van der Waals surface area (Å²) >= 11 is 1.38. The second-order valence-corrected chi connectivity index (χ2v) is 4.82. The largest absolute Gasteiger partial charge is 0.423 e. The van der Waals surface area contributed by atoms with Gasteiger partial charge in [-0.2, -0.15) is 0 Å². The summed E-state index contributed by atoms with van der Waals surface area (Å²) < 4.78 is 5.14. The van der Waals surface area contributed by atoms with Crippen LogP contribution in [-0.4, -0.2) is 21.1 Å². The van der Waals surface area contributed by atoms with Gasteiger partial charge in [0.05, 0.1) is 5.51 Å². The molecule has 3 rings (SSSR count). The Morgan fingerprint density at radius 2 is 2.30 bits per heavy atom. The molecule has 1 N–H and O–H groups in total. The summed E-state index contributed by atoms with van der Waals surface area (Å²) in [5.74, 6) is 0.227. The number of carbonyl (C=O) groups is 1. The minimum Gasteiger partial charge on any atom is -0.423 e. The van der Waals surface area contributed by atoms with E-state index in [0.717, 1.165) is 16.8 Å². The van der Waals surface area contributed by atoms with Crippen molar-refractivity contribution in [3.05, 3.63) is 46.7 Å². The van der Waals surface area contributed by atoms with E-state index in [9.17, 15) is 4.79 Å². The van der Waals surface area contributed by atoms with E-state index >= 15 is 0 Å². The zero-order valence-electron chi connectivity index (χ0n) is 10.5. The van der Waals surface area contributed by atoms with E-state index in [1.165, 1.54) is 17.7 Å². The number of nitrogens with one attached hydrogen (secondary N) is 1. The average Bonchev–Trinajstić information content (AvgIpc) is 3.14. The molecule has 0 aliphatic carbocycles. The third kappa shape index (κ3) is 2.43. The highest BCUT2D eigenvalue weighted by Gasteiger charge is 2.11. The zero-order chi connectivity index (χ0) is 13.9. The maximum Gasteiger partial charge on any atom is 0.275 e. The Labute approximate surface area is 118 Å². The van der Waals surface area contributed by atoms with Gasteiger partial charge in [-0.25, -0.2) is 4.98 Å². The average molecular weight is 286 g/mol. The smallest absolute Gasteiger partial charge is 0.275 e. The van der Waals surface area contributed by atoms with Crippen LogP contribution in [0.15, 0.2) is 39.9 Å². The van der Waals surface area contributed by atoms with Crippen LogP contribution < -0.4 is 5.32 Å². The Kier molecular flexibility index (Phi) is 3.26. The molecule has 0 atom stereocenters. The first-order valence-electron chi connectivity index (χ1n) is 5.81. The van der Waals surface area contributed by atoms with Crippen LogP contribution >= 0.6 is 11.3 Å². The van der Waals surface area contributed by atoms with Gasteiger partial charge >= 0.3 is 0 Å². The molecule has 2 heterocycles. The molecule has 3 aromatic rings. The van der Waals surface area contributed by atoms with Gasteiger partial charge in [0.2, 0.25) is 12.3 Å². The molecule has 1 amide bonds. The van der Waals surface area contributed by atoms with Crippen LogP contribution in [0.1, 0.15) is 16.1 Å². The van der Waals surface area contributed by atoms with Crippen LogP contribution in [-0.2, 0) is 0 Å². The maximum atomic E-state index is 11.9. The van der Waals surface area contributed by atoms with Crippen LogP contribution in [0, 0.1) is 6.92 Å². The van der Waals surface area contributed by atoms with Crippen molar-refractivity contribution in [3.63, 3.8) is 0 Å². The van der Waals surface area contributed by atoms with E-state index < -0.39 is 0 Å². The molecule has 0 unspecified atom stereocenters. The van der Waals surface area contributed by atoms with Gasteiger partial charge in [-0.15, -0.1) is 21.5 Å². The molecule has 0 bridgehead atoms. The van der Waals surface area contributed by atoms with E-state index in [1.807, 2.05) is 19.1 Å². The lowest BCUT2D eigenvalue weighted by molar-refractivity contribution is 0.102. The fourth-order valence-electron chi connectivity index (χ4n) is 1.75. The van der Waals surface area contributed by atoms with Crippen molar-refractivity contribution >= 4 is 22.9 Å². The summed E-state index contributed by atoms with van der Waals surface area (Å²) in [5.41, 5.74) is 4.48. The molecule has 0 saturated carbocycles. The van der Waals surface area contributed by atoms with Gasteiger partial charge in [-0.3, -0.25) is 4.79 Å². The number of hydrogen-bond acceptors (Lipinski definition) is 6. The summed E-state index contributed by atoms with van der Waals surface area (Å²) in [6.45, 7) is 1.90. The predicted molar refractivity (Wildman–Crippen MR) is 74.5 cm³/mol. The number of benzene rings is 1. The number of carbonyl (C=O) groups excluding carboxylic acids is 1. The van der Waals surface area contributed by atoms with Crippen molar-refractivity contribution in [2.45, 2.75) is 6.92 Å². The quantitative estimate of drug-likeness (QED) is 0.800. The number of hydrogen-bond donors (Lipinski definition) is 1. The summed E-state index contributed by atoms with van der Waals surface area (Å²) in [6.07, 6.45) is 1.28. The molecule has 2 aromatic heterocycles. The number of thiazole rings is 1. The number of aryl methyl sites for hydroxylation is 1. The Hall–Kier alpha value is -2.54. The Morgan fingerprint density at radius 3 is 2.95 bits per heavy atom. The van der Waals surface area contributed by atoms with Gasteiger partial charge in [-0.1, -0.05) is 0 Å². The summed E-state index contributed by atoms with van der Waals surface area (Å²) in [7, 11) is 0. The van der Waals surface area contributed by atoms with Crippen molar-refractivity contribution in [2.24, 2.45) is 0 Å². The van der Waals surface area contributed by atoms with Crippen LogP contribution in [0.3, 0.4) is 0 Å². The second-order valence-electron chi connectivity index (χ2n) is 4.10. The van der Waals surface area contributed by atoms with E-state index in [4.69, 9.17) is 4.42 Å². The van der Waals surface area contributed by atoms with E-state index in [-0.39, 0.29) is 5.91 Å². The Morgan fingerprint density at radius 1 is 1.40 bits per heavy atom. The lowest BCUT2D eigenvalue weighted by Gasteiger charge is -2.08. The first kappa shape index (κ1) is 12.5. The van der Waals surface area contributed by atoms with Crippen LogP contribution in [0.25, 0.3) is 11.5 Å². The summed E-state index contributed by atoms with van der Waals surface area (Å²) in [4.78, 5) is 15.9. The van der Waals surface area contributed by atoms with Crippen molar-refractivity contribution in [3.8, 4) is 11.5 Å². The standard InChI is InChI=1S/C13H10N4O2S/c1-8-4-9(13-17-15-6-19-13)2-3-10(8)16-12(18)11-5-20-7-14-11/h2-7H,1H3,(H,16,18). The molecule has 1 aromatic carbocycles. The lowest BCUT2D eigenvalue weighted by Crippen LogP contribution is -2.13. The lowest BCUT2D eigenvalue weighted by atomic mass is 10.1. The first-order valence-corrected chi connectivity index (χ1v) is 6.75. The first-order chi connectivity index (χ1) is 9.74. The zero-order valence-corrected chi connectivity index (χ0v) is 11.3. The minimum absolute atomic E-state index is 0.222. The van der Waals surface area contributed by atoms with E-state index in [0.29, 0.717) is 11.6 Å². The van der Waals surface area contributed by atoms with Crippen molar-refractivity contribution in [1.29, 1.82) is 0 Å². The topological polar surface area (TPSA) is 80.9 Å². The van der Waals surface area contributed by atoms with Crippen molar-refractivity contribution < 1.29 is 9.21 Å². The molecule has 0 radical (unpaired) electrons. The molecule has 100 valence electrons. The predicted octanol–water partition coefficient (Wildman–Crippen LogP) is 2.75. The normalized spacial score (nSPS) is 10.4. The van der Waals surface area contributed by atoms with Crippen LogP contribution in [0.5, 0.6) is 0 Å². The van der Waals surface area contributed by atoms with Crippen LogP contribution in [0.4, 0.5) is 5.69 Å². The number of amides is 1. The molecule has 0 saturated heterocycles. The van der Waals surface area contributed by atoms with Crippen molar-refractivity contribution in [1.82, 2.24) is 15.2 Å². The highest BCUT2D eigenvalue weighted by molar-refractivity contribution is 7.07. The Balaban J connectivity index is 1.83. The minimum atomic E-state index is -0.222. The molecule has 0 spiro atoms. The molecule has 6 nitrogen and oxygen atoms in total. The molecular formula is C13H10N4O2S. The third-order valence-corrected chi connectivity index (χ3v) is 3.33. The molecule has 7 heteroatoms. The van der Waals surface area contributed by atoms with Gasteiger partial charge in [0.25, 0.3) is 5.91 Å². The van der Waals surface area contributed by atoms with Gasteiger partial charge < -0.3 is 9.73 Å². The molecule has 0 fully saturated rings. The maximum absolute atomic E-state index is 11.9. The second kappa shape index (κ2) is 5.22. The number of aromatic nitrogens is 3. The van der Waals surface area contributed by atoms with E-state index in [2.05, 4.69) is 20.5 Å². The number of nitrogens with zero attached hydrogens (tertiary/aromatic N) is 3. The highest BCUT2D eigenvalue weighted by atomic mass is 32.1.